The number of benzene rings is 1. The Morgan fingerprint density at radius 3 is 3.00 bits per heavy atom. The summed E-state index contributed by atoms with van der Waals surface area (Å²) in [5.74, 6) is 0.285. The molecule has 2 N–H and O–H groups in total. The van der Waals surface area contributed by atoms with Crippen LogP contribution in [-0.4, -0.2) is 20.9 Å². The zero-order chi connectivity index (χ0) is 13.2. The molecule has 1 amide bonds. The van der Waals surface area contributed by atoms with Crippen molar-refractivity contribution in [1.29, 1.82) is 0 Å². The second-order valence-electron chi connectivity index (χ2n) is 3.92. The van der Waals surface area contributed by atoms with Gasteiger partial charge < -0.3 is 10.3 Å². The molecular weight excluding hydrogens is 308 g/mol. The summed E-state index contributed by atoms with van der Waals surface area (Å²) in [6.45, 7) is 0. The first-order valence-electron chi connectivity index (χ1n) is 5.59. The lowest BCUT2D eigenvalue weighted by Gasteiger charge is -2.05. The predicted octanol–water partition coefficient (Wildman–Crippen LogP) is 2.97. The average molecular weight is 317 g/mol. The maximum Gasteiger partial charge on any atom is 0.256 e. The topological polar surface area (TPSA) is 70.7 Å². The molecule has 19 heavy (non-hydrogen) atoms. The molecule has 6 heteroatoms. The van der Waals surface area contributed by atoms with E-state index in [0.29, 0.717) is 11.4 Å². The summed E-state index contributed by atoms with van der Waals surface area (Å²) in [6.07, 6.45) is 3.22. The van der Waals surface area contributed by atoms with Gasteiger partial charge in [-0.2, -0.15) is 0 Å². The number of anilines is 1. The monoisotopic (exact) mass is 316 g/mol. The number of hydrogen-bond donors (Lipinski definition) is 2. The van der Waals surface area contributed by atoms with E-state index in [1.165, 1.54) is 0 Å². The van der Waals surface area contributed by atoms with E-state index in [-0.39, 0.29) is 5.91 Å². The van der Waals surface area contributed by atoms with E-state index in [4.69, 9.17) is 0 Å². The van der Waals surface area contributed by atoms with Gasteiger partial charge in [-0.25, -0.2) is 9.97 Å². The van der Waals surface area contributed by atoms with Crippen molar-refractivity contribution in [3.8, 4) is 0 Å². The first kappa shape index (κ1) is 11.9. The number of halogens is 1. The fourth-order valence-corrected chi connectivity index (χ4v) is 2.09. The Bertz CT molecular complexity index is 753. The Balaban J connectivity index is 1.89. The summed E-state index contributed by atoms with van der Waals surface area (Å²) in [4.78, 5) is 23.3. The van der Waals surface area contributed by atoms with Crippen LogP contribution in [0.25, 0.3) is 11.0 Å². The zero-order valence-corrected chi connectivity index (χ0v) is 11.3. The van der Waals surface area contributed by atoms with Gasteiger partial charge in [0.1, 0.15) is 5.82 Å². The lowest BCUT2D eigenvalue weighted by molar-refractivity contribution is 0.102. The highest BCUT2D eigenvalue weighted by molar-refractivity contribution is 9.10. The predicted molar refractivity (Wildman–Crippen MR) is 76.0 cm³/mol. The highest BCUT2D eigenvalue weighted by Gasteiger charge is 2.10. The number of nitrogens with zero attached hydrogens (tertiary/aromatic N) is 2. The van der Waals surface area contributed by atoms with Gasteiger partial charge in [-0.05, 0) is 46.3 Å². The number of rotatable bonds is 2. The normalized spacial score (nSPS) is 10.6. The minimum absolute atomic E-state index is 0.212. The molecule has 0 atom stereocenters. The molecule has 0 aliphatic heterocycles. The Morgan fingerprint density at radius 2 is 2.16 bits per heavy atom. The van der Waals surface area contributed by atoms with E-state index in [9.17, 15) is 4.79 Å². The molecule has 5 nitrogen and oxygen atoms in total. The maximum absolute atomic E-state index is 12.1. The van der Waals surface area contributed by atoms with Crippen LogP contribution in [0.4, 0.5) is 5.82 Å². The van der Waals surface area contributed by atoms with Crippen molar-refractivity contribution in [1.82, 2.24) is 15.0 Å². The minimum atomic E-state index is -0.212. The van der Waals surface area contributed by atoms with Crippen LogP contribution in [0, 0.1) is 0 Å². The summed E-state index contributed by atoms with van der Waals surface area (Å²) >= 11 is 3.34. The smallest absolute Gasteiger partial charge is 0.256 e. The van der Waals surface area contributed by atoms with E-state index in [1.807, 2.05) is 6.07 Å². The van der Waals surface area contributed by atoms with Crippen molar-refractivity contribution in [3.05, 3.63) is 52.9 Å². The molecule has 0 aliphatic carbocycles. The van der Waals surface area contributed by atoms with Gasteiger partial charge >= 0.3 is 0 Å². The molecule has 0 bridgehead atoms. The number of aromatic nitrogens is 3. The molecule has 0 aliphatic rings. The zero-order valence-electron chi connectivity index (χ0n) is 9.72. The third-order valence-corrected chi connectivity index (χ3v) is 3.31. The minimum Gasteiger partial charge on any atom is -0.345 e. The van der Waals surface area contributed by atoms with Crippen molar-refractivity contribution in [2.45, 2.75) is 0 Å². The van der Waals surface area contributed by atoms with E-state index >= 15 is 0 Å². The standard InChI is InChI=1S/C13H9BrN4O/c14-9-2-1-5-15-12(9)18-13(19)8-3-4-10-11(6-8)17-7-16-10/h1-7H,(H,16,17)(H,15,18,19). The summed E-state index contributed by atoms with van der Waals surface area (Å²) in [6, 6.07) is 8.90. The molecule has 0 saturated carbocycles. The van der Waals surface area contributed by atoms with Crippen LogP contribution in [0.15, 0.2) is 47.3 Å². The first-order chi connectivity index (χ1) is 9.24. The van der Waals surface area contributed by atoms with Crippen molar-refractivity contribution in [2.75, 3.05) is 5.32 Å². The highest BCUT2D eigenvalue weighted by atomic mass is 79.9. The number of amides is 1. The number of aromatic amines is 1. The van der Waals surface area contributed by atoms with Crippen molar-refractivity contribution < 1.29 is 4.79 Å². The Labute approximate surface area is 117 Å². The van der Waals surface area contributed by atoms with E-state index < -0.39 is 0 Å². The van der Waals surface area contributed by atoms with Crippen molar-refractivity contribution in [3.63, 3.8) is 0 Å². The molecule has 0 spiro atoms. The second-order valence-corrected chi connectivity index (χ2v) is 4.78. The SMILES string of the molecule is O=C(Nc1ncccc1Br)c1ccc2nc[nH]c2c1. The van der Waals surface area contributed by atoms with Crippen LogP contribution in [-0.2, 0) is 0 Å². The van der Waals surface area contributed by atoms with E-state index in [0.717, 1.165) is 15.5 Å². The third kappa shape index (κ3) is 2.34. The lowest BCUT2D eigenvalue weighted by Crippen LogP contribution is -2.13. The molecule has 1 aromatic carbocycles. The van der Waals surface area contributed by atoms with Gasteiger partial charge in [-0.15, -0.1) is 0 Å². The molecule has 2 aromatic heterocycles. The summed E-state index contributed by atoms with van der Waals surface area (Å²) in [5.41, 5.74) is 2.21. The lowest BCUT2D eigenvalue weighted by atomic mass is 10.2. The van der Waals surface area contributed by atoms with Crippen LogP contribution in [0.1, 0.15) is 10.4 Å². The van der Waals surface area contributed by atoms with Gasteiger partial charge in [0.25, 0.3) is 5.91 Å². The average Bonchev–Trinajstić information content (AvgIpc) is 2.88. The Hall–Kier alpha value is -2.21. The summed E-state index contributed by atoms with van der Waals surface area (Å²) < 4.78 is 0.742. The van der Waals surface area contributed by atoms with Crippen molar-refractivity contribution >= 4 is 38.7 Å². The fraction of sp³-hybridized carbons (Fsp3) is 0. The van der Waals surface area contributed by atoms with Crippen molar-refractivity contribution in [2.24, 2.45) is 0 Å². The first-order valence-corrected chi connectivity index (χ1v) is 6.38. The number of imidazole rings is 1. The highest BCUT2D eigenvalue weighted by Crippen LogP contribution is 2.19. The van der Waals surface area contributed by atoms with Crippen LogP contribution < -0.4 is 5.32 Å². The van der Waals surface area contributed by atoms with Gasteiger partial charge in [-0.3, -0.25) is 4.79 Å². The molecule has 0 saturated heterocycles. The third-order valence-electron chi connectivity index (χ3n) is 2.67. The molecule has 0 unspecified atom stereocenters. The van der Waals surface area contributed by atoms with Gasteiger partial charge in [0.15, 0.2) is 0 Å². The maximum atomic E-state index is 12.1. The largest absolute Gasteiger partial charge is 0.345 e. The molecule has 94 valence electrons. The molecule has 3 aromatic rings. The van der Waals surface area contributed by atoms with Gasteiger partial charge in [0, 0.05) is 11.8 Å². The Kier molecular flexibility index (Phi) is 3.00. The molecule has 3 rings (SSSR count). The number of pyridine rings is 1. The van der Waals surface area contributed by atoms with E-state index in [1.54, 1.807) is 36.8 Å². The summed E-state index contributed by atoms with van der Waals surface area (Å²) in [5, 5.41) is 2.75. The fourth-order valence-electron chi connectivity index (χ4n) is 1.73. The second kappa shape index (κ2) is 4.81. The van der Waals surface area contributed by atoms with Crippen LogP contribution in [0.5, 0.6) is 0 Å². The van der Waals surface area contributed by atoms with Crippen LogP contribution in [0.2, 0.25) is 0 Å². The van der Waals surface area contributed by atoms with Gasteiger partial charge in [0.2, 0.25) is 0 Å². The molecule has 0 radical (unpaired) electrons. The number of hydrogen-bond acceptors (Lipinski definition) is 3. The van der Waals surface area contributed by atoms with Crippen LogP contribution >= 0.6 is 15.9 Å². The number of fused-ring (bicyclic) bond motifs is 1. The van der Waals surface area contributed by atoms with Gasteiger partial charge in [-0.1, -0.05) is 0 Å². The molecule has 0 fully saturated rings. The molecule has 2 heterocycles. The van der Waals surface area contributed by atoms with Gasteiger partial charge in [0.05, 0.1) is 21.8 Å². The number of nitrogens with one attached hydrogen (secondary N) is 2. The van der Waals surface area contributed by atoms with Crippen LogP contribution in [0.3, 0.4) is 0 Å². The number of H-pyrrole nitrogens is 1. The number of carbonyl (C=O) groups excluding carboxylic acids is 1. The molecular formula is C13H9BrN4O. The Morgan fingerprint density at radius 1 is 1.26 bits per heavy atom. The number of carbonyl (C=O) groups is 1. The quantitative estimate of drug-likeness (QED) is 0.763. The summed E-state index contributed by atoms with van der Waals surface area (Å²) in [7, 11) is 0. The van der Waals surface area contributed by atoms with E-state index in [2.05, 4.69) is 36.2 Å².